The third-order valence-electron chi connectivity index (χ3n) is 1.82. The zero-order chi connectivity index (χ0) is 11.3. The first kappa shape index (κ1) is 11.2. The van der Waals surface area contributed by atoms with Crippen LogP contribution in [-0.4, -0.2) is 20.2 Å². The van der Waals surface area contributed by atoms with Gasteiger partial charge in [0.2, 0.25) is 0 Å². The Balaban J connectivity index is 0.000000531. The number of rotatable bonds is 1. The fourth-order valence-electron chi connectivity index (χ4n) is 1.16. The zero-order valence-corrected chi connectivity index (χ0v) is 9.06. The average molecular weight is 206 g/mol. The van der Waals surface area contributed by atoms with Gasteiger partial charge in [0.05, 0.1) is 5.69 Å². The van der Waals surface area contributed by atoms with Crippen LogP contribution in [0.4, 0.5) is 0 Å². The number of aromatic nitrogens is 4. The topological polar surface area (TPSA) is 63.6 Å². The van der Waals surface area contributed by atoms with Crippen molar-refractivity contribution in [2.24, 2.45) is 0 Å². The Morgan fingerprint density at radius 2 is 1.93 bits per heavy atom. The summed E-state index contributed by atoms with van der Waals surface area (Å²) in [6, 6.07) is 7.49. The third kappa shape index (κ3) is 2.31. The Kier molecular flexibility index (Phi) is 3.79. The van der Waals surface area contributed by atoms with Gasteiger partial charge in [-0.2, -0.15) is 4.68 Å². The second-order valence-electron chi connectivity index (χ2n) is 2.70. The van der Waals surface area contributed by atoms with Crippen molar-refractivity contribution >= 4 is 0 Å². The fraction of sp³-hybridized carbons (Fsp3) is 0.300. The van der Waals surface area contributed by atoms with Crippen molar-refractivity contribution in [3.05, 3.63) is 40.3 Å². The SMILES string of the molecule is CC.Cc1ccccc1-n1nn[nH]c1=O. The van der Waals surface area contributed by atoms with Gasteiger partial charge in [0.15, 0.2) is 0 Å². The van der Waals surface area contributed by atoms with E-state index in [2.05, 4.69) is 15.5 Å². The zero-order valence-electron chi connectivity index (χ0n) is 9.06. The summed E-state index contributed by atoms with van der Waals surface area (Å²) in [5.41, 5.74) is 1.41. The number of H-pyrrole nitrogens is 1. The second kappa shape index (κ2) is 5.09. The molecule has 2 rings (SSSR count). The van der Waals surface area contributed by atoms with Gasteiger partial charge in [-0.3, -0.25) is 0 Å². The molecule has 15 heavy (non-hydrogen) atoms. The molecule has 0 bridgehead atoms. The first-order chi connectivity index (χ1) is 7.29. The predicted octanol–water partition coefficient (Wildman–Crippen LogP) is 1.29. The molecule has 0 saturated heterocycles. The van der Waals surface area contributed by atoms with E-state index < -0.39 is 0 Å². The summed E-state index contributed by atoms with van der Waals surface area (Å²) in [7, 11) is 0. The minimum absolute atomic E-state index is 0.325. The number of tetrazole rings is 1. The third-order valence-corrected chi connectivity index (χ3v) is 1.82. The summed E-state index contributed by atoms with van der Waals surface area (Å²) in [5.74, 6) is 0. The van der Waals surface area contributed by atoms with Crippen molar-refractivity contribution in [2.45, 2.75) is 20.8 Å². The summed E-state index contributed by atoms with van der Waals surface area (Å²) in [6.07, 6.45) is 0. The molecule has 0 unspecified atom stereocenters. The van der Waals surface area contributed by atoms with Crippen molar-refractivity contribution in [3.8, 4) is 5.69 Å². The molecule has 5 heteroatoms. The molecule has 0 aliphatic carbocycles. The number of hydrogen-bond donors (Lipinski definition) is 1. The lowest BCUT2D eigenvalue weighted by atomic mass is 10.2. The molecule has 2 aromatic rings. The van der Waals surface area contributed by atoms with Crippen LogP contribution in [0, 0.1) is 6.92 Å². The van der Waals surface area contributed by atoms with Gasteiger partial charge in [-0.15, -0.1) is 0 Å². The normalized spacial score (nSPS) is 9.27. The van der Waals surface area contributed by atoms with Gasteiger partial charge in [-0.1, -0.05) is 32.0 Å². The highest BCUT2D eigenvalue weighted by Gasteiger charge is 2.03. The predicted molar refractivity (Wildman–Crippen MR) is 58.1 cm³/mol. The van der Waals surface area contributed by atoms with E-state index in [1.807, 2.05) is 45.0 Å². The van der Waals surface area contributed by atoms with Gasteiger partial charge in [-0.05, 0) is 29.0 Å². The largest absolute Gasteiger partial charge is 0.365 e. The number of para-hydroxylation sites is 1. The Labute approximate surface area is 87.7 Å². The average Bonchev–Trinajstić information content (AvgIpc) is 2.68. The van der Waals surface area contributed by atoms with Gasteiger partial charge < -0.3 is 0 Å². The van der Waals surface area contributed by atoms with E-state index in [-0.39, 0.29) is 5.69 Å². The molecule has 0 saturated carbocycles. The molecule has 0 amide bonds. The number of aryl methyl sites for hydroxylation is 1. The van der Waals surface area contributed by atoms with E-state index in [0.717, 1.165) is 11.3 Å². The summed E-state index contributed by atoms with van der Waals surface area (Å²) >= 11 is 0. The maximum absolute atomic E-state index is 11.2. The smallest absolute Gasteiger partial charge is 0.244 e. The Bertz CT molecular complexity index is 472. The first-order valence-electron chi connectivity index (χ1n) is 4.85. The Hall–Kier alpha value is -1.91. The van der Waals surface area contributed by atoms with Crippen LogP contribution in [0.1, 0.15) is 19.4 Å². The van der Waals surface area contributed by atoms with Crippen LogP contribution in [0.5, 0.6) is 0 Å². The van der Waals surface area contributed by atoms with Crippen molar-refractivity contribution in [1.82, 2.24) is 20.2 Å². The minimum Gasteiger partial charge on any atom is -0.244 e. The number of aromatic amines is 1. The van der Waals surface area contributed by atoms with Crippen molar-refractivity contribution < 1.29 is 0 Å². The molecule has 1 aromatic carbocycles. The first-order valence-corrected chi connectivity index (χ1v) is 4.85. The summed E-state index contributed by atoms with van der Waals surface area (Å²) in [5, 5.41) is 9.30. The number of nitrogens with one attached hydrogen (secondary N) is 1. The molecular formula is C10H14N4O. The van der Waals surface area contributed by atoms with E-state index in [9.17, 15) is 4.79 Å². The number of benzene rings is 1. The monoisotopic (exact) mass is 206 g/mol. The second-order valence-corrected chi connectivity index (χ2v) is 2.70. The van der Waals surface area contributed by atoms with Crippen LogP contribution >= 0.6 is 0 Å². The Morgan fingerprint density at radius 3 is 2.47 bits per heavy atom. The quantitative estimate of drug-likeness (QED) is 0.764. The lowest BCUT2D eigenvalue weighted by Gasteiger charge is -2.00. The molecule has 0 radical (unpaired) electrons. The maximum atomic E-state index is 11.2. The highest BCUT2D eigenvalue weighted by molar-refractivity contribution is 5.38. The highest BCUT2D eigenvalue weighted by Crippen LogP contribution is 2.08. The number of hydrogen-bond acceptors (Lipinski definition) is 3. The van der Waals surface area contributed by atoms with E-state index in [4.69, 9.17) is 0 Å². The molecule has 1 heterocycles. The lowest BCUT2D eigenvalue weighted by Crippen LogP contribution is -2.16. The highest BCUT2D eigenvalue weighted by atomic mass is 16.2. The lowest BCUT2D eigenvalue weighted by molar-refractivity contribution is 0.775. The molecule has 1 N–H and O–H groups in total. The van der Waals surface area contributed by atoms with Crippen LogP contribution in [0.3, 0.4) is 0 Å². The standard InChI is InChI=1S/C8H8N4O.C2H6/c1-6-4-2-3-5-7(6)12-8(13)9-10-11-12;1-2/h2-5H,1H3,(H,9,11,13);1-2H3. The molecule has 0 aliphatic heterocycles. The van der Waals surface area contributed by atoms with Crippen LogP contribution < -0.4 is 5.69 Å². The summed E-state index contributed by atoms with van der Waals surface area (Å²) in [6.45, 7) is 5.91. The molecule has 0 aliphatic rings. The molecule has 80 valence electrons. The molecular weight excluding hydrogens is 192 g/mol. The van der Waals surface area contributed by atoms with Crippen molar-refractivity contribution in [1.29, 1.82) is 0 Å². The van der Waals surface area contributed by atoms with Gasteiger partial charge >= 0.3 is 5.69 Å². The summed E-state index contributed by atoms with van der Waals surface area (Å²) < 4.78 is 1.23. The van der Waals surface area contributed by atoms with Gasteiger partial charge in [0.1, 0.15) is 0 Å². The van der Waals surface area contributed by atoms with Gasteiger partial charge in [0, 0.05) is 0 Å². The van der Waals surface area contributed by atoms with E-state index >= 15 is 0 Å². The summed E-state index contributed by atoms with van der Waals surface area (Å²) in [4.78, 5) is 11.2. The maximum Gasteiger partial charge on any atom is 0.365 e. The molecule has 0 atom stereocenters. The van der Waals surface area contributed by atoms with Gasteiger partial charge in [-0.25, -0.2) is 9.89 Å². The minimum atomic E-state index is -0.325. The van der Waals surface area contributed by atoms with E-state index in [0.29, 0.717) is 0 Å². The van der Waals surface area contributed by atoms with Gasteiger partial charge in [0.25, 0.3) is 0 Å². The molecule has 1 aromatic heterocycles. The number of nitrogens with zero attached hydrogens (tertiary/aromatic N) is 3. The molecule has 0 spiro atoms. The van der Waals surface area contributed by atoms with Crippen LogP contribution in [0.15, 0.2) is 29.1 Å². The Morgan fingerprint density at radius 1 is 1.27 bits per heavy atom. The molecule has 5 nitrogen and oxygen atoms in total. The molecule has 0 fully saturated rings. The van der Waals surface area contributed by atoms with Crippen LogP contribution in [0.2, 0.25) is 0 Å². The van der Waals surface area contributed by atoms with E-state index in [1.165, 1.54) is 4.68 Å². The van der Waals surface area contributed by atoms with Crippen LogP contribution in [-0.2, 0) is 0 Å². The van der Waals surface area contributed by atoms with Crippen molar-refractivity contribution in [3.63, 3.8) is 0 Å². The fourth-order valence-corrected chi connectivity index (χ4v) is 1.16. The van der Waals surface area contributed by atoms with Crippen LogP contribution in [0.25, 0.3) is 5.69 Å². The van der Waals surface area contributed by atoms with E-state index in [1.54, 1.807) is 0 Å². The van der Waals surface area contributed by atoms with Crippen molar-refractivity contribution in [2.75, 3.05) is 0 Å².